The van der Waals surface area contributed by atoms with Gasteiger partial charge < -0.3 is 15.2 Å². The van der Waals surface area contributed by atoms with Crippen LogP contribution in [0.3, 0.4) is 0 Å². The minimum Gasteiger partial charge on any atom is -0.508 e. The summed E-state index contributed by atoms with van der Waals surface area (Å²) in [5, 5.41) is 12.8. The second-order valence-corrected chi connectivity index (χ2v) is 4.94. The first kappa shape index (κ1) is 11.5. The van der Waals surface area contributed by atoms with Crippen molar-refractivity contribution >= 4 is 5.90 Å². The van der Waals surface area contributed by atoms with Gasteiger partial charge in [-0.05, 0) is 37.1 Å². The van der Waals surface area contributed by atoms with Crippen molar-refractivity contribution in [3.8, 4) is 5.75 Å². The molecule has 2 N–H and O–H groups in total. The Bertz CT molecular complexity index is 453. The van der Waals surface area contributed by atoms with Gasteiger partial charge in [0.05, 0.1) is 12.6 Å². The lowest BCUT2D eigenvalue weighted by Crippen LogP contribution is -2.32. The van der Waals surface area contributed by atoms with Crippen molar-refractivity contribution in [3.05, 3.63) is 29.8 Å². The summed E-state index contributed by atoms with van der Waals surface area (Å²) in [6.45, 7) is 1.79. The molecule has 0 amide bonds. The zero-order valence-corrected chi connectivity index (χ0v) is 10.3. The molecule has 2 aliphatic heterocycles. The molecular formula is C14H18N2O2. The van der Waals surface area contributed by atoms with E-state index >= 15 is 0 Å². The first-order chi connectivity index (χ1) is 8.81. The molecular weight excluding hydrogens is 228 g/mol. The number of hydrogen-bond donors (Lipinski definition) is 2. The largest absolute Gasteiger partial charge is 0.508 e. The van der Waals surface area contributed by atoms with Crippen LogP contribution in [0.25, 0.3) is 0 Å². The fourth-order valence-corrected chi connectivity index (χ4v) is 2.58. The van der Waals surface area contributed by atoms with Gasteiger partial charge in [0.2, 0.25) is 5.90 Å². The lowest BCUT2D eigenvalue weighted by molar-refractivity contribution is 0.214. The summed E-state index contributed by atoms with van der Waals surface area (Å²) in [6.07, 6.45) is 3.24. The number of benzene rings is 1. The predicted octanol–water partition coefficient (Wildman–Crippen LogP) is 1.48. The summed E-state index contributed by atoms with van der Waals surface area (Å²) in [5.41, 5.74) is 1.09. The summed E-state index contributed by atoms with van der Waals surface area (Å²) in [5.74, 6) is 1.18. The van der Waals surface area contributed by atoms with E-state index < -0.39 is 0 Å². The number of rotatable bonds is 3. The van der Waals surface area contributed by atoms with E-state index in [1.807, 2.05) is 12.1 Å². The van der Waals surface area contributed by atoms with Crippen LogP contribution in [0.4, 0.5) is 0 Å². The number of ether oxygens (including phenoxy) is 1. The summed E-state index contributed by atoms with van der Waals surface area (Å²) < 4.78 is 5.90. The number of phenolic OH excluding ortho intramolecular Hbond substituents is 1. The van der Waals surface area contributed by atoms with E-state index in [2.05, 4.69) is 10.3 Å². The minimum absolute atomic E-state index is 0.115. The van der Waals surface area contributed by atoms with Gasteiger partial charge in [-0.15, -0.1) is 0 Å². The van der Waals surface area contributed by atoms with E-state index in [0.717, 1.165) is 37.4 Å². The summed E-state index contributed by atoms with van der Waals surface area (Å²) >= 11 is 0. The molecule has 0 spiro atoms. The fourth-order valence-electron chi connectivity index (χ4n) is 2.58. The molecule has 2 heterocycles. The SMILES string of the molecule is Oc1cccc(CC2CN=C(C3CCCN3)O2)c1. The Morgan fingerprint density at radius 2 is 2.39 bits per heavy atom. The zero-order chi connectivity index (χ0) is 12.4. The smallest absolute Gasteiger partial charge is 0.201 e. The van der Waals surface area contributed by atoms with Crippen molar-refractivity contribution in [2.45, 2.75) is 31.4 Å². The van der Waals surface area contributed by atoms with E-state index in [0.29, 0.717) is 11.8 Å². The van der Waals surface area contributed by atoms with Crippen LogP contribution in [0.2, 0.25) is 0 Å². The molecule has 2 atom stereocenters. The Morgan fingerprint density at radius 1 is 1.44 bits per heavy atom. The van der Waals surface area contributed by atoms with Crippen LogP contribution >= 0.6 is 0 Å². The topological polar surface area (TPSA) is 53.9 Å². The van der Waals surface area contributed by atoms with E-state index in [-0.39, 0.29) is 6.10 Å². The standard InChI is InChI=1S/C14H18N2O2/c17-11-4-1-3-10(7-11)8-12-9-16-14(18-12)13-5-2-6-15-13/h1,3-4,7,12-13,15,17H,2,5-6,8-9H2. The molecule has 0 aromatic heterocycles. The Balaban J connectivity index is 1.57. The number of nitrogens with zero attached hydrogens (tertiary/aromatic N) is 1. The maximum atomic E-state index is 9.43. The van der Waals surface area contributed by atoms with Crippen LogP contribution in [-0.2, 0) is 11.2 Å². The lowest BCUT2D eigenvalue weighted by atomic mass is 10.1. The third kappa shape index (κ3) is 2.48. The molecule has 2 unspecified atom stereocenters. The van der Waals surface area contributed by atoms with Gasteiger partial charge in [0.15, 0.2) is 0 Å². The van der Waals surface area contributed by atoms with E-state index in [1.165, 1.54) is 6.42 Å². The molecule has 1 saturated heterocycles. The average molecular weight is 246 g/mol. The number of hydrogen-bond acceptors (Lipinski definition) is 4. The normalized spacial score (nSPS) is 27.0. The molecule has 0 radical (unpaired) electrons. The highest BCUT2D eigenvalue weighted by Gasteiger charge is 2.28. The van der Waals surface area contributed by atoms with Crippen LogP contribution in [0.1, 0.15) is 18.4 Å². The number of phenols is 1. The molecule has 1 aromatic rings. The number of nitrogens with one attached hydrogen (secondary N) is 1. The Labute approximate surface area is 107 Å². The van der Waals surface area contributed by atoms with Crippen LogP contribution in [0.15, 0.2) is 29.3 Å². The molecule has 2 aliphatic rings. The maximum Gasteiger partial charge on any atom is 0.201 e. The highest BCUT2D eigenvalue weighted by Crippen LogP contribution is 2.19. The molecule has 4 heteroatoms. The van der Waals surface area contributed by atoms with Crippen molar-refractivity contribution < 1.29 is 9.84 Å². The Morgan fingerprint density at radius 3 is 3.17 bits per heavy atom. The van der Waals surface area contributed by atoms with Gasteiger partial charge in [-0.1, -0.05) is 12.1 Å². The van der Waals surface area contributed by atoms with Gasteiger partial charge >= 0.3 is 0 Å². The average Bonchev–Trinajstić information content (AvgIpc) is 2.98. The van der Waals surface area contributed by atoms with Crippen LogP contribution in [0, 0.1) is 0 Å². The van der Waals surface area contributed by atoms with E-state index in [9.17, 15) is 5.11 Å². The third-order valence-electron chi connectivity index (χ3n) is 3.47. The molecule has 3 rings (SSSR count). The Hall–Kier alpha value is -1.55. The summed E-state index contributed by atoms with van der Waals surface area (Å²) in [7, 11) is 0. The fraction of sp³-hybridized carbons (Fsp3) is 0.500. The van der Waals surface area contributed by atoms with Crippen LogP contribution < -0.4 is 5.32 Å². The van der Waals surface area contributed by atoms with Crippen molar-refractivity contribution in [2.24, 2.45) is 4.99 Å². The van der Waals surface area contributed by atoms with Gasteiger partial charge in [-0.3, -0.25) is 4.99 Å². The van der Waals surface area contributed by atoms with Crippen molar-refractivity contribution in [2.75, 3.05) is 13.1 Å². The van der Waals surface area contributed by atoms with Gasteiger partial charge in [-0.25, -0.2) is 0 Å². The molecule has 96 valence electrons. The molecule has 0 aliphatic carbocycles. The van der Waals surface area contributed by atoms with Crippen molar-refractivity contribution in [1.29, 1.82) is 0 Å². The van der Waals surface area contributed by atoms with Crippen LogP contribution in [-0.4, -0.2) is 36.2 Å². The van der Waals surface area contributed by atoms with Gasteiger partial charge in [0.25, 0.3) is 0 Å². The van der Waals surface area contributed by atoms with Gasteiger partial charge in [0.1, 0.15) is 11.9 Å². The second-order valence-electron chi connectivity index (χ2n) is 4.94. The predicted molar refractivity (Wildman–Crippen MR) is 70.0 cm³/mol. The van der Waals surface area contributed by atoms with E-state index in [1.54, 1.807) is 12.1 Å². The molecule has 0 saturated carbocycles. The zero-order valence-electron chi connectivity index (χ0n) is 10.3. The highest BCUT2D eigenvalue weighted by molar-refractivity contribution is 5.83. The quantitative estimate of drug-likeness (QED) is 0.849. The molecule has 1 fully saturated rings. The summed E-state index contributed by atoms with van der Waals surface area (Å²) in [4.78, 5) is 4.49. The number of aromatic hydroxyl groups is 1. The van der Waals surface area contributed by atoms with Gasteiger partial charge in [-0.2, -0.15) is 0 Å². The summed E-state index contributed by atoms with van der Waals surface area (Å²) in [6, 6.07) is 7.66. The second kappa shape index (κ2) is 4.98. The maximum absolute atomic E-state index is 9.43. The first-order valence-electron chi connectivity index (χ1n) is 6.53. The van der Waals surface area contributed by atoms with Crippen LogP contribution in [0.5, 0.6) is 5.75 Å². The molecule has 0 bridgehead atoms. The Kier molecular flexibility index (Phi) is 3.19. The van der Waals surface area contributed by atoms with E-state index in [4.69, 9.17) is 4.74 Å². The molecule has 18 heavy (non-hydrogen) atoms. The third-order valence-corrected chi connectivity index (χ3v) is 3.47. The van der Waals surface area contributed by atoms with Crippen molar-refractivity contribution in [1.82, 2.24) is 5.32 Å². The monoisotopic (exact) mass is 246 g/mol. The lowest BCUT2D eigenvalue weighted by Gasteiger charge is -2.14. The highest BCUT2D eigenvalue weighted by atomic mass is 16.5. The number of aliphatic imine (C=N–C) groups is 1. The minimum atomic E-state index is 0.115. The molecule has 1 aromatic carbocycles. The molecule has 4 nitrogen and oxygen atoms in total. The van der Waals surface area contributed by atoms with Gasteiger partial charge in [0, 0.05) is 6.42 Å². The van der Waals surface area contributed by atoms with Crippen molar-refractivity contribution in [3.63, 3.8) is 0 Å². The first-order valence-corrected chi connectivity index (χ1v) is 6.53.